The number of hydrogen-bond donors (Lipinski definition) is 8. The van der Waals surface area contributed by atoms with Crippen LogP contribution in [0.3, 0.4) is 0 Å². The SMILES string of the molecule is C[C@@H]1NC(=O)[C@@H](N(C)C(=O)[C@H](CCCCN)NC(=O)c2ccc(-c3ccc(Cl)cc3)cc2)c2ccc(O)c(c2)-c2cc(ccc2O)C[C@@H](C(=O)N[C@@H](C)C(=O)N2CCC[C@H]2CC(N)=O)NC1=O. The maximum Gasteiger partial charge on any atom is 0.251 e. The highest BCUT2D eigenvalue weighted by Crippen LogP contribution is 2.39. The average molecular weight is 937 g/mol. The number of aromatic hydroxyl groups is 2. The highest BCUT2D eigenvalue weighted by atomic mass is 35.5. The van der Waals surface area contributed by atoms with Gasteiger partial charge >= 0.3 is 0 Å². The quantitative estimate of drug-likeness (QED) is 0.0854. The van der Waals surface area contributed by atoms with Gasteiger partial charge in [0.2, 0.25) is 35.4 Å². The molecule has 18 heteroatoms. The number of halogens is 1. The highest BCUT2D eigenvalue weighted by molar-refractivity contribution is 6.30. The largest absolute Gasteiger partial charge is 0.507 e. The third-order valence-corrected chi connectivity index (χ3v) is 12.4. The van der Waals surface area contributed by atoms with E-state index in [0.717, 1.165) is 16.0 Å². The van der Waals surface area contributed by atoms with Crippen molar-refractivity contribution >= 4 is 53.0 Å². The van der Waals surface area contributed by atoms with E-state index >= 15 is 0 Å². The fourth-order valence-corrected chi connectivity index (χ4v) is 8.66. The first-order valence-corrected chi connectivity index (χ1v) is 22.6. The molecule has 2 heterocycles. The predicted molar refractivity (Wildman–Crippen MR) is 251 cm³/mol. The number of carbonyl (C=O) groups is 7. The molecule has 6 rings (SSSR count). The molecule has 4 aromatic rings. The number of primary amides is 1. The van der Waals surface area contributed by atoms with Crippen LogP contribution in [0.15, 0.2) is 84.9 Å². The van der Waals surface area contributed by atoms with Crippen molar-refractivity contribution in [1.82, 2.24) is 31.1 Å². The van der Waals surface area contributed by atoms with Crippen LogP contribution in [0.5, 0.6) is 11.5 Å². The number of hydrogen-bond acceptors (Lipinski definition) is 10. The molecular formula is C49H57ClN8O9. The Labute approximate surface area is 393 Å². The summed E-state index contributed by atoms with van der Waals surface area (Å²) in [6, 6.07) is 16.0. The number of unbranched alkanes of at least 4 members (excludes halogenated alkanes) is 1. The number of likely N-dealkylation sites (tertiary alicyclic amines) is 1. The van der Waals surface area contributed by atoms with E-state index in [2.05, 4.69) is 21.3 Å². The normalized spacial score (nSPS) is 19.2. The van der Waals surface area contributed by atoms with Crippen LogP contribution in [0.4, 0.5) is 0 Å². The smallest absolute Gasteiger partial charge is 0.251 e. The van der Waals surface area contributed by atoms with E-state index < -0.39 is 77.6 Å². The second kappa shape index (κ2) is 22.0. The third kappa shape index (κ3) is 12.1. The highest BCUT2D eigenvalue weighted by Gasteiger charge is 2.37. The Morgan fingerprint density at radius 3 is 2.16 bits per heavy atom. The summed E-state index contributed by atoms with van der Waals surface area (Å²) in [5, 5.41) is 33.8. The lowest BCUT2D eigenvalue weighted by atomic mass is 9.93. The van der Waals surface area contributed by atoms with Gasteiger partial charge in [0.05, 0.1) is 0 Å². The van der Waals surface area contributed by atoms with Crippen LogP contribution in [0.2, 0.25) is 5.02 Å². The molecule has 0 spiro atoms. The van der Waals surface area contributed by atoms with Crippen molar-refractivity contribution in [3.8, 4) is 33.8 Å². The molecule has 0 unspecified atom stereocenters. The first-order valence-electron chi connectivity index (χ1n) is 22.2. The molecule has 354 valence electrons. The van der Waals surface area contributed by atoms with Crippen molar-refractivity contribution in [3.63, 3.8) is 0 Å². The predicted octanol–water partition coefficient (Wildman–Crippen LogP) is 3.43. The molecule has 67 heavy (non-hydrogen) atoms. The van der Waals surface area contributed by atoms with Gasteiger partial charge in [-0.2, -0.15) is 0 Å². The van der Waals surface area contributed by atoms with E-state index in [1.807, 2.05) is 12.1 Å². The molecule has 2 aliphatic rings. The number of likely N-dealkylation sites (N-methyl/N-ethyl adjacent to an activating group) is 1. The lowest BCUT2D eigenvalue weighted by Gasteiger charge is -2.32. The summed E-state index contributed by atoms with van der Waals surface area (Å²) in [7, 11) is 1.38. The number of rotatable bonds is 14. The van der Waals surface area contributed by atoms with Gasteiger partial charge in [0.15, 0.2) is 0 Å². The Kier molecular flexibility index (Phi) is 16.2. The number of nitrogens with zero attached hydrogens (tertiary/aromatic N) is 2. The van der Waals surface area contributed by atoms with Crippen LogP contribution in [-0.2, 0) is 35.2 Å². The van der Waals surface area contributed by atoms with Gasteiger partial charge in [0, 0.05) is 54.2 Å². The fraction of sp³-hybridized carbons (Fsp3) is 0.367. The summed E-state index contributed by atoms with van der Waals surface area (Å²) in [5.41, 5.74) is 14.1. The second-order valence-corrected chi connectivity index (χ2v) is 17.5. The van der Waals surface area contributed by atoms with Crippen LogP contribution >= 0.6 is 11.6 Å². The summed E-state index contributed by atoms with van der Waals surface area (Å²) < 4.78 is 0. The molecule has 1 saturated heterocycles. The molecule has 7 amide bonds. The number of nitrogens with one attached hydrogen (secondary N) is 4. The minimum Gasteiger partial charge on any atom is -0.507 e. The van der Waals surface area contributed by atoms with Crippen LogP contribution in [0.25, 0.3) is 22.3 Å². The molecule has 4 bridgehead atoms. The second-order valence-electron chi connectivity index (χ2n) is 17.1. The number of phenols is 2. The number of carbonyl (C=O) groups excluding carboxylic acids is 7. The Hall–Kier alpha value is -6.98. The average Bonchev–Trinajstić information content (AvgIpc) is 3.76. The van der Waals surface area contributed by atoms with E-state index in [9.17, 15) is 43.8 Å². The monoisotopic (exact) mass is 936 g/mol. The molecule has 0 radical (unpaired) electrons. The standard InChI is InChI=1S/C49H57ClN8O9/c1-27-44(62)56-39(46(64)54-28(2)48(66)58-22-6-7-35(58)26-42(52)61)24-29-9-19-40(59)36(23-29)37-25-33(16-20-41(37)60)43(47(65)53-27)57(3)49(67)38(8-4-5-21-51)55-45(63)32-12-10-30(11-13-32)31-14-17-34(50)18-15-31/h9-20,23,25,27-28,35,38-39,43,59-60H,4-8,21-22,24,26,51H2,1-3H3,(H2,52,61)(H,53,65)(H,54,64)(H,55,63)(H,56,62)/t27-,28-,35-,38-,39-,43-/m0/s1. The summed E-state index contributed by atoms with van der Waals surface area (Å²) in [5.74, 6) is -5.00. The number of phenolic OH excluding ortho intramolecular Hbond substituents is 2. The summed E-state index contributed by atoms with van der Waals surface area (Å²) in [6.07, 6.45) is 2.26. The minimum absolute atomic E-state index is 0.0188. The van der Waals surface area contributed by atoms with E-state index in [1.165, 1.54) is 56.1 Å². The molecule has 0 aliphatic carbocycles. The molecule has 17 nitrogen and oxygen atoms in total. The molecule has 10 N–H and O–H groups in total. The maximum absolute atomic E-state index is 14.6. The maximum atomic E-state index is 14.6. The topological polar surface area (TPSA) is 267 Å². The first kappa shape index (κ1) is 49.5. The fourth-order valence-electron chi connectivity index (χ4n) is 8.53. The van der Waals surface area contributed by atoms with E-state index in [4.69, 9.17) is 23.1 Å². The third-order valence-electron chi connectivity index (χ3n) is 12.2. The molecular weight excluding hydrogens is 880 g/mol. The van der Waals surface area contributed by atoms with Gasteiger partial charge in [-0.3, -0.25) is 33.6 Å². The Bertz CT molecular complexity index is 2500. The van der Waals surface area contributed by atoms with Gasteiger partial charge < -0.3 is 52.7 Å². The molecule has 2 aliphatic heterocycles. The van der Waals surface area contributed by atoms with Crippen molar-refractivity contribution in [2.45, 2.75) is 95.0 Å². The first-order chi connectivity index (χ1) is 31.9. The van der Waals surface area contributed by atoms with Gasteiger partial charge in [-0.05, 0) is 123 Å². The van der Waals surface area contributed by atoms with E-state index in [-0.39, 0.29) is 53.0 Å². The van der Waals surface area contributed by atoms with Gasteiger partial charge in [-0.25, -0.2) is 0 Å². The Morgan fingerprint density at radius 1 is 0.866 bits per heavy atom. The summed E-state index contributed by atoms with van der Waals surface area (Å²) in [6.45, 7) is 3.61. The molecule has 0 aromatic heterocycles. The van der Waals surface area contributed by atoms with Crippen molar-refractivity contribution in [2.75, 3.05) is 20.1 Å². The molecule has 6 atom stereocenters. The number of amides is 7. The van der Waals surface area contributed by atoms with Crippen molar-refractivity contribution < 1.29 is 43.8 Å². The lowest BCUT2D eigenvalue weighted by Crippen LogP contribution is -2.57. The molecule has 1 fully saturated rings. The van der Waals surface area contributed by atoms with Crippen LogP contribution in [-0.4, -0.2) is 112 Å². The summed E-state index contributed by atoms with van der Waals surface area (Å²) >= 11 is 6.05. The van der Waals surface area contributed by atoms with Crippen LogP contribution in [0.1, 0.15) is 79.9 Å². The Morgan fingerprint density at radius 2 is 1.51 bits per heavy atom. The minimum atomic E-state index is -1.46. The van der Waals surface area contributed by atoms with Crippen molar-refractivity contribution in [1.29, 1.82) is 0 Å². The van der Waals surface area contributed by atoms with E-state index in [1.54, 1.807) is 42.5 Å². The van der Waals surface area contributed by atoms with Gasteiger partial charge in [0.25, 0.3) is 5.91 Å². The van der Waals surface area contributed by atoms with Crippen molar-refractivity contribution in [2.24, 2.45) is 11.5 Å². The molecule has 0 saturated carbocycles. The van der Waals surface area contributed by atoms with Gasteiger partial charge in [0.1, 0.15) is 41.7 Å². The van der Waals surface area contributed by atoms with Gasteiger partial charge in [-0.15, -0.1) is 0 Å². The Balaban J connectivity index is 1.29. The zero-order valence-corrected chi connectivity index (χ0v) is 38.3. The zero-order valence-electron chi connectivity index (χ0n) is 37.6. The van der Waals surface area contributed by atoms with Crippen LogP contribution < -0.4 is 32.7 Å². The lowest BCUT2D eigenvalue weighted by molar-refractivity contribution is -0.141. The van der Waals surface area contributed by atoms with Crippen LogP contribution in [0, 0.1) is 0 Å². The molecule has 4 aromatic carbocycles. The van der Waals surface area contributed by atoms with E-state index in [0.29, 0.717) is 49.4 Å². The zero-order chi connectivity index (χ0) is 48.5. The number of benzene rings is 4. The number of nitrogens with two attached hydrogens (primary N) is 2. The van der Waals surface area contributed by atoms with Gasteiger partial charge in [-0.1, -0.05) is 48.0 Å². The van der Waals surface area contributed by atoms with Crippen molar-refractivity contribution in [3.05, 3.63) is 107 Å². The summed E-state index contributed by atoms with van der Waals surface area (Å²) in [4.78, 5) is 98.7. The number of fused-ring (bicyclic) bond motifs is 5.